The summed E-state index contributed by atoms with van der Waals surface area (Å²) < 4.78 is 0. The Bertz CT molecular complexity index is 866. The van der Waals surface area contributed by atoms with Crippen LogP contribution in [0.15, 0.2) is 54.9 Å². The first-order valence-corrected chi connectivity index (χ1v) is 8.06. The van der Waals surface area contributed by atoms with Gasteiger partial charge in [-0.25, -0.2) is 9.97 Å². The molecule has 0 aliphatic rings. The monoisotopic (exact) mass is 332 g/mol. The van der Waals surface area contributed by atoms with Gasteiger partial charge in [0, 0.05) is 11.4 Å². The maximum absolute atomic E-state index is 12.4. The highest BCUT2D eigenvalue weighted by Crippen LogP contribution is 2.22. The SMILES string of the molecule is Cc1cc(C)c(NC(=O)c2cnc(Nc3ccccc3)cn2)c(C)c1. The van der Waals surface area contributed by atoms with E-state index in [0.29, 0.717) is 5.82 Å². The zero-order valence-electron chi connectivity index (χ0n) is 14.5. The van der Waals surface area contributed by atoms with E-state index in [0.717, 1.165) is 22.5 Å². The third-order valence-corrected chi connectivity index (χ3v) is 3.85. The maximum Gasteiger partial charge on any atom is 0.275 e. The number of nitrogens with one attached hydrogen (secondary N) is 2. The molecule has 5 heteroatoms. The molecule has 2 aromatic carbocycles. The first-order chi connectivity index (χ1) is 12.0. The number of nitrogens with zero attached hydrogens (tertiary/aromatic N) is 2. The number of hydrogen-bond donors (Lipinski definition) is 2. The summed E-state index contributed by atoms with van der Waals surface area (Å²) in [7, 11) is 0. The van der Waals surface area contributed by atoms with Gasteiger partial charge in [0.2, 0.25) is 0 Å². The van der Waals surface area contributed by atoms with Gasteiger partial charge in [-0.2, -0.15) is 0 Å². The van der Waals surface area contributed by atoms with E-state index in [1.54, 1.807) is 6.20 Å². The molecule has 0 bridgehead atoms. The molecule has 0 saturated heterocycles. The van der Waals surface area contributed by atoms with Crippen molar-refractivity contribution in [3.8, 4) is 0 Å². The Morgan fingerprint density at radius 3 is 2.20 bits per heavy atom. The molecule has 1 aromatic heterocycles. The van der Waals surface area contributed by atoms with Crippen molar-refractivity contribution in [1.82, 2.24) is 9.97 Å². The van der Waals surface area contributed by atoms with E-state index in [9.17, 15) is 4.79 Å². The van der Waals surface area contributed by atoms with Crippen molar-refractivity contribution in [3.63, 3.8) is 0 Å². The second-order valence-corrected chi connectivity index (χ2v) is 6.01. The Morgan fingerprint density at radius 1 is 0.920 bits per heavy atom. The van der Waals surface area contributed by atoms with E-state index in [2.05, 4.69) is 20.6 Å². The Balaban J connectivity index is 1.73. The van der Waals surface area contributed by atoms with Crippen molar-refractivity contribution in [2.24, 2.45) is 0 Å². The Morgan fingerprint density at radius 2 is 1.60 bits per heavy atom. The van der Waals surface area contributed by atoms with Gasteiger partial charge in [0.25, 0.3) is 5.91 Å². The van der Waals surface area contributed by atoms with E-state index in [1.165, 1.54) is 11.8 Å². The van der Waals surface area contributed by atoms with E-state index in [1.807, 2.05) is 63.2 Å². The zero-order valence-corrected chi connectivity index (χ0v) is 14.5. The van der Waals surface area contributed by atoms with Crippen molar-refractivity contribution < 1.29 is 4.79 Å². The Hall–Kier alpha value is -3.21. The fourth-order valence-electron chi connectivity index (χ4n) is 2.73. The molecular formula is C20H20N4O. The lowest BCUT2D eigenvalue weighted by Crippen LogP contribution is -2.16. The van der Waals surface area contributed by atoms with Crippen LogP contribution in [-0.4, -0.2) is 15.9 Å². The molecule has 0 atom stereocenters. The number of amides is 1. The number of aromatic nitrogens is 2. The fourth-order valence-corrected chi connectivity index (χ4v) is 2.73. The summed E-state index contributed by atoms with van der Waals surface area (Å²) in [5, 5.41) is 6.07. The van der Waals surface area contributed by atoms with E-state index >= 15 is 0 Å². The lowest BCUT2D eigenvalue weighted by molar-refractivity contribution is 0.102. The van der Waals surface area contributed by atoms with Crippen LogP contribution in [0.3, 0.4) is 0 Å². The van der Waals surface area contributed by atoms with Gasteiger partial charge < -0.3 is 10.6 Å². The van der Waals surface area contributed by atoms with Gasteiger partial charge in [-0.05, 0) is 44.0 Å². The van der Waals surface area contributed by atoms with Crippen molar-refractivity contribution >= 4 is 23.1 Å². The number of carbonyl (C=O) groups excluding carboxylic acids is 1. The molecule has 0 aliphatic carbocycles. The molecule has 0 unspecified atom stereocenters. The predicted octanol–water partition coefficient (Wildman–Crippen LogP) is 4.40. The molecule has 1 heterocycles. The molecule has 1 amide bonds. The van der Waals surface area contributed by atoms with Gasteiger partial charge in [-0.15, -0.1) is 0 Å². The van der Waals surface area contributed by atoms with Crippen LogP contribution in [0.2, 0.25) is 0 Å². The quantitative estimate of drug-likeness (QED) is 0.743. The number of para-hydroxylation sites is 1. The van der Waals surface area contributed by atoms with Crippen molar-refractivity contribution in [2.75, 3.05) is 10.6 Å². The molecule has 0 aliphatic heterocycles. The molecule has 2 N–H and O–H groups in total. The predicted molar refractivity (Wildman–Crippen MR) is 100 cm³/mol. The standard InChI is InChI=1S/C20H20N4O/c1-13-9-14(2)19(15(3)10-13)24-20(25)17-11-22-18(12-21-17)23-16-7-5-4-6-8-16/h4-12H,1-3H3,(H,22,23)(H,24,25). The summed E-state index contributed by atoms with van der Waals surface area (Å²) in [5.41, 5.74) is 5.24. The average molecular weight is 332 g/mol. The van der Waals surface area contributed by atoms with Gasteiger partial charge in [-0.1, -0.05) is 35.9 Å². The normalized spacial score (nSPS) is 10.4. The van der Waals surface area contributed by atoms with Crippen LogP contribution in [0.4, 0.5) is 17.2 Å². The smallest absolute Gasteiger partial charge is 0.275 e. The zero-order chi connectivity index (χ0) is 17.8. The number of rotatable bonds is 4. The third-order valence-electron chi connectivity index (χ3n) is 3.85. The Labute approximate surface area is 147 Å². The van der Waals surface area contributed by atoms with Crippen LogP contribution in [0.25, 0.3) is 0 Å². The topological polar surface area (TPSA) is 66.9 Å². The van der Waals surface area contributed by atoms with Gasteiger partial charge in [0.1, 0.15) is 11.5 Å². The largest absolute Gasteiger partial charge is 0.339 e. The van der Waals surface area contributed by atoms with Gasteiger partial charge in [-0.3, -0.25) is 4.79 Å². The average Bonchev–Trinajstić information content (AvgIpc) is 2.59. The molecule has 5 nitrogen and oxygen atoms in total. The molecule has 25 heavy (non-hydrogen) atoms. The van der Waals surface area contributed by atoms with E-state index in [-0.39, 0.29) is 11.6 Å². The molecule has 0 fully saturated rings. The highest BCUT2D eigenvalue weighted by molar-refractivity contribution is 6.03. The fraction of sp³-hybridized carbons (Fsp3) is 0.150. The van der Waals surface area contributed by atoms with Crippen LogP contribution < -0.4 is 10.6 Å². The molecule has 0 saturated carbocycles. The summed E-state index contributed by atoms with van der Waals surface area (Å²) in [4.78, 5) is 20.9. The number of carbonyl (C=O) groups is 1. The highest BCUT2D eigenvalue weighted by atomic mass is 16.1. The molecular weight excluding hydrogens is 312 g/mol. The minimum absolute atomic E-state index is 0.270. The van der Waals surface area contributed by atoms with Gasteiger partial charge in [0.05, 0.1) is 12.4 Å². The highest BCUT2D eigenvalue weighted by Gasteiger charge is 2.12. The van der Waals surface area contributed by atoms with Crippen LogP contribution in [0, 0.1) is 20.8 Å². The lowest BCUT2D eigenvalue weighted by Gasteiger charge is -2.12. The van der Waals surface area contributed by atoms with Crippen molar-refractivity contribution in [1.29, 1.82) is 0 Å². The van der Waals surface area contributed by atoms with Crippen LogP contribution in [0.5, 0.6) is 0 Å². The van der Waals surface area contributed by atoms with Gasteiger partial charge >= 0.3 is 0 Å². The second-order valence-electron chi connectivity index (χ2n) is 6.01. The second kappa shape index (κ2) is 7.13. The summed E-state index contributed by atoms with van der Waals surface area (Å²) >= 11 is 0. The summed E-state index contributed by atoms with van der Waals surface area (Å²) in [5.74, 6) is 0.319. The van der Waals surface area contributed by atoms with Gasteiger partial charge in [0.15, 0.2) is 0 Å². The molecule has 0 radical (unpaired) electrons. The first kappa shape index (κ1) is 16.6. The van der Waals surface area contributed by atoms with E-state index < -0.39 is 0 Å². The maximum atomic E-state index is 12.4. The minimum atomic E-state index is -0.270. The number of anilines is 3. The Kier molecular flexibility index (Phi) is 4.75. The number of hydrogen-bond acceptors (Lipinski definition) is 4. The molecule has 0 spiro atoms. The van der Waals surface area contributed by atoms with Crippen LogP contribution >= 0.6 is 0 Å². The van der Waals surface area contributed by atoms with Crippen LogP contribution in [-0.2, 0) is 0 Å². The lowest BCUT2D eigenvalue weighted by atomic mass is 10.1. The summed E-state index contributed by atoms with van der Waals surface area (Å²) in [6.45, 7) is 6.00. The summed E-state index contributed by atoms with van der Waals surface area (Å²) in [6, 6.07) is 13.8. The van der Waals surface area contributed by atoms with Crippen molar-refractivity contribution in [2.45, 2.75) is 20.8 Å². The minimum Gasteiger partial charge on any atom is -0.339 e. The van der Waals surface area contributed by atoms with E-state index in [4.69, 9.17) is 0 Å². The summed E-state index contributed by atoms with van der Waals surface area (Å²) in [6.07, 6.45) is 3.02. The number of benzene rings is 2. The third kappa shape index (κ3) is 4.01. The van der Waals surface area contributed by atoms with Crippen molar-refractivity contribution in [3.05, 3.63) is 77.2 Å². The molecule has 3 rings (SSSR count). The molecule has 126 valence electrons. The number of aryl methyl sites for hydroxylation is 3. The van der Waals surface area contributed by atoms with Crippen LogP contribution in [0.1, 0.15) is 27.2 Å². The first-order valence-electron chi connectivity index (χ1n) is 8.06. The molecule has 3 aromatic rings.